The zero-order valence-electron chi connectivity index (χ0n) is 10.2. The lowest BCUT2D eigenvalue weighted by molar-refractivity contribution is -0.0635. The van der Waals surface area contributed by atoms with Crippen LogP contribution in [0.3, 0.4) is 0 Å². The average molecular weight is 229 g/mol. The van der Waals surface area contributed by atoms with Crippen LogP contribution in [0.15, 0.2) is 35.3 Å². The van der Waals surface area contributed by atoms with Crippen molar-refractivity contribution >= 4 is 5.90 Å². The third kappa shape index (κ3) is 2.15. The molecule has 0 bridgehead atoms. The van der Waals surface area contributed by atoms with Crippen LogP contribution in [0.5, 0.6) is 0 Å². The molecule has 88 valence electrons. The minimum atomic E-state index is -0.697. The molecule has 0 radical (unpaired) electrons. The normalized spacial score (nSPS) is 20.6. The fraction of sp³-hybridized carbons (Fsp3) is 0.385. The van der Waals surface area contributed by atoms with Crippen molar-refractivity contribution in [2.45, 2.75) is 20.0 Å². The zero-order valence-corrected chi connectivity index (χ0v) is 10.2. The van der Waals surface area contributed by atoms with Crippen LogP contribution in [0.25, 0.3) is 0 Å². The van der Waals surface area contributed by atoms with E-state index in [9.17, 15) is 0 Å². The number of hydrogen-bond acceptors (Lipinski definition) is 4. The third-order valence-corrected chi connectivity index (χ3v) is 2.73. The van der Waals surface area contributed by atoms with Crippen LogP contribution in [0.4, 0.5) is 0 Å². The SMILES string of the molecule is CN1OC(C(C)(C)C#N)=NC1c1ccccc1. The summed E-state index contributed by atoms with van der Waals surface area (Å²) in [6.07, 6.45) is -0.168. The van der Waals surface area contributed by atoms with Gasteiger partial charge in [-0.1, -0.05) is 30.3 Å². The molecule has 0 N–H and O–H groups in total. The zero-order chi connectivity index (χ0) is 12.5. The number of rotatable bonds is 2. The highest BCUT2D eigenvalue weighted by atomic mass is 16.7. The second-order valence-corrected chi connectivity index (χ2v) is 4.59. The van der Waals surface area contributed by atoms with Crippen LogP contribution in [0, 0.1) is 16.7 Å². The number of hydroxylamine groups is 2. The molecule has 0 aromatic heterocycles. The molecule has 1 aliphatic heterocycles. The Hall–Kier alpha value is -1.86. The lowest BCUT2D eigenvalue weighted by atomic mass is 9.96. The van der Waals surface area contributed by atoms with E-state index in [0.29, 0.717) is 5.90 Å². The molecule has 0 saturated carbocycles. The first kappa shape index (κ1) is 11.6. The number of nitrogens with zero attached hydrogens (tertiary/aromatic N) is 3. The molecule has 0 spiro atoms. The highest BCUT2D eigenvalue weighted by Gasteiger charge is 2.36. The summed E-state index contributed by atoms with van der Waals surface area (Å²) in [5, 5.41) is 10.7. The Labute approximate surface area is 101 Å². The summed E-state index contributed by atoms with van der Waals surface area (Å²) in [6, 6.07) is 12.1. The van der Waals surface area contributed by atoms with E-state index in [1.165, 1.54) is 0 Å². The van der Waals surface area contributed by atoms with Crippen LogP contribution >= 0.6 is 0 Å². The standard InChI is InChI=1S/C13H15N3O/c1-13(2,9-14)12-15-11(16(3)17-12)10-7-5-4-6-8-10/h4-8,11H,1-3H3. The average Bonchev–Trinajstić information content (AvgIpc) is 2.73. The predicted molar refractivity (Wildman–Crippen MR) is 64.9 cm³/mol. The van der Waals surface area contributed by atoms with Gasteiger partial charge in [-0.15, -0.1) is 5.06 Å². The quantitative estimate of drug-likeness (QED) is 0.782. The Kier molecular flexibility index (Phi) is 2.86. The van der Waals surface area contributed by atoms with E-state index in [1.807, 2.05) is 37.4 Å². The van der Waals surface area contributed by atoms with Crippen molar-refractivity contribution in [3.8, 4) is 6.07 Å². The maximum Gasteiger partial charge on any atom is 0.231 e. The molecule has 2 rings (SSSR count). The van der Waals surface area contributed by atoms with E-state index in [1.54, 1.807) is 18.9 Å². The molecule has 4 nitrogen and oxygen atoms in total. The van der Waals surface area contributed by atoms with Gasteiger partial charge >= 0.3 is 0 Å². The Morgan fingerprint density at radius 2 is 2.00 bits per heavy atom. The fourth-order valence-electron chi connectivity index (χ4n) is 1.64. The van der Waals surface area contributed by atoms with E-state index in [4.69, 9.17) is 10.1 Å². The molecular weight excluding hydrogens is 214 g/mol. The van der Waals surface area contributed by atoms with Crippen LogP contribution < -0.4 is 0 Å². The second-order valence-electron chi connectivity index (χ2n) is 4.59. The maximum absolute atomic E-state index is 9.07. The number of hydrogen-bond donors (Lipinski definition) is 0. The van der Waals surface area contributed by atoms with Gasteiger partial charge < -0.3 is 4.84 Å². The molecule has 0 aliphatic carbocycles. The highest BCUT2D eigenvalue weighted by Crippen LogP contribution is 2.31. The maximum atomic E-state index is 9.07. The van der Waals surface area contributed by atoms with Gasteiger partial charge in [-0.25, -0.2) is 4.99 Å². The largest absolute Gasteiger partial charge is 0.387 e. The van der Waals surface area contributed by atoms with Crippen molar-refractivity contribution in [1.82, 2.24) is 5.06 Å². The smallest absolute Gasteiger partial charge is 0.231 e. The number of nitriles is 1. The van der Waals surface area contributed by atoms with Gasteiger partial charge in [0.15, 0.2) is 6.17 Å². The van der Waals surface area contributed by atoms with Crippen LogP contribution in [0.1, 0.15) is 25.6 Å². The summed E-state index contributed by atoms with van der Waals surface area (Å²) < 4.78 is 0. The van der Waals surface area contributed by atoms with Crippen molar-refractivity contribution in [3.05, 3.63) is 35.9 Å². The van der Waals surface area contributed by atoms with Gasteiger partial charge in [-0.2, -0.15) is 5.26 Å². The van der Waals surface area contributed by atoms with Crippen LogP contribution in [-0.2, 0) is 4.84 Å². The minimum absolute atomic E-state index is 0.168. The van der Waals surface area contributed by atoms with Gasteiger partial charge in [-0.05, 0) is 19.4 Å². The summed E-state index contributed by atoms with van der Waals surface area (Å²) in [6.45, 7) is 3.60. The second kappa shape index (κ2) is 4.19. The molecule has 0 saturated heterocycles. The molecule has 17 heavy (non-hydrogen) atoms. The molecule has 1 heterocycles. The van der Waals surface area contributed by atoms with E-state index in [0.717, 1.165) is 5.56 Å². The lowest BCUT2D eigenvalue weighted by Gasteiger charge is -2.18. The van der Waals surface area contributed by atoms with Gasteiger partial charge in [-0.3, -0.25) is 0 Å². The first-order valence-electron chi connectivity index (χ1n) is 5.50. The molecule has 1 unspecified atom stereocenters. The topological polar surface area (TPSA) is 48.6 Å². The van der Waals surface area contributed by atoms with Gasteiger partial charge in [0.2, 0.25) is 5.90 Å². The summed E-state index contributed by atoms with van der Waals surface area (Å²) in [5.74, 6) is 0.469. The van der Waals surface area contributed by atoms with E-state index in [-0.39, 0.29) is 6.17 Å². The molecule has 1 aromatic rings. The van der Waals surface area contributed by atoms with Crippen LogP contribution in [-0.4, -0.2) is 18.0 Å². The molecular formula is C13H15N3O. The molecule has 1 aromatic carbocycles. The number of aliphatic imine (C=N–C) groups is 1. The van der Waals surface area contributed by atoms with E-state index < -0.39 is 5.41 Å². The van der Waals surface area contributed by atoms with E-state index >= 15 is 0 Å². The molecule has 0 amide bonds. The predicted octanol–water partition coefficient (Wildman–Crippen LogP) is 2.51. The van der Waals surface area contributed by atoms with Gasteiger partial charge in [0.25, 0.3) is 0 Å². The molecule has 1 aliphatic rings. The van der Waals surface area contributed by atoms with Gasteiger partial charge in [0.05, 0.1) is 6.07 Å². The summed E-state index contributed by atoms with van der Waals surface area (Å²) in [4.78, 5) is 10.0. The van der Waals surface area contributed by atoms with E-state index in [2.05, 4.69) is 11.1 Å². The highest BCUT2D eigenvalue weighted by molar-refractivity contribution is 5.85. The fourth-order valence-corrected chi connectivity index (χ4v) is 1.64. The minimum Gasteiger partial charge on any atom is -0.387 e. The van der Waals surface area contributed by atoms with Crippen molar-refractivity contribution in [2.24, 2.45) is 10.4 Å². The van der Waals surface area contributed by atoms with Gasteiger partial charge in [0.1, 0.15) is 5.41 Å². The van der Waals surface area contributed by atoms with Crippen molar-refractivity contribution < 1.29 is 4.84 Å². The first-order chi connectivity index (χ1) is 8.04. The molecule has 0 fully saturated rings. The van der Waals surface area contributed by atoms with Crippen LogP contribution in [0.2, 0.25) is 0 Å². The number of benzene rings is 1. The monoisotopic (exact) mass is 229 g/mol. The molecule has 1 atom stereocenters. The van der Waals surface area contributed by atoms with Crippen molar-refractivity contribution in [2.75, 3.05) is 7.05 Å². The lowest BCUT2D eigenvalue weighted by Crippen LogP contribution is -2.26. The Bertz CT molecular complexity index is 473. The van der Waals surface area contributed by atoms with Crippen molar-refractivity contribution in [3.63, 3.8) is 0 Å². The summed E-state index contributed by atoms with van der Waals surface area (Å²) in [5.41, 5.74) is 0.358. The summed E-state index contributed by atoms with van der Waals surface area (Å²) in [7, 11) is 1.82. The molecule has 4 heteroatoms. The Balaban J connectivity index is 2.30. The Morgan fingerprint density at radius 1 is 1.35 bits per heavy atom. The first-order valence-corrected chi connectivity index (χ1v) is 5.50. The third-order valence-electron chi connectivity index (χ3n) is 2.73. The van der Waals surface area contributed by atoms with Gasteiger partial charge in [0, 0.05) is 7.05 Å². The summed E-state index contributed by atoms with van der Waals surface area (Å²) >= 11 is 0. The Morgan fingerprint density at radius 3 is 2.59 bits per heavy atom. The van der Waals surface area contributed by atoms with Crippen molar-refractivity contribution in [1.29, 1.82) is 5.26 Å².